The highest BCUT2D eigenvalue weighted by molar-refractivity contribution is 6.08. The summed E-state index contributed by atoms with van der Waals surface area (Å²) >= 11 is 0. The van der Waals surface area contributed by atoms with Crippen molar-refractivity contribution in [1.29, 1.82) is 0 Å². The molecule has 0 amide bonds. The zero-order chi connectivity index (χ0) is 16.4. The number of fused-ring (bicyclic) bond motifs is 2. The molecule has 0 aliphatic heterocycles. The molecule has 2 saturated carbocycles. The van der Waals surface area contributed by atoms with Gasteiger partial charge in [-0.2, -0.15) is 0 Å². The van der Waals surface area contributed by atoms with E-state index in [-0.39, 0.29) is 10.8 Å². The Kier molecular flexibility index (Phi) is 3.11. The number of nitrogen functional groups attached to an aromatic ring is 1. The maximum atomic E-state index is 13.0. The number of Topliss-reactive ketones (excluding diaryl/α,β-unsaturated/α-hetero) is 1. The summed E-state index contributed by atoms with van der Waals surface area (Å²) in [5.41, 5.74) is 12.5. The van der Waals surface area contributed by atoms with Gasteiger partial charge in [0, 0.05) is 11.1 Å². The fourth-order valence-corrected chi connectivity index (χ4v) is 4.54. The zero-order valence-corrected chi connectivity index (χ0v) is 14.6. The first-order valence-corrected chi connectivity index (χ1v) is 8.24. The monoisotopic (exact) mass is 297 g/mol. The standard InChI is InChI=1S/C20H27NO/c1-11-9-14(12(2)13(3)17(11)21)10-15-16-7-8-20(6,18(15)22)19(16,4)5/h9-10,16H,7-8,21H2,1-6H3/b15-10+. The van der Waals surface area contributed by atoms with Crippen molar-refractivity contribution >= 4 is 17.5 Å². The van der Waals surface area contributed by atoms with Crippen molar-refractivity contribution < 1.29 is 4.79 Å². The molecule has 3 rings (SSSR count). The SMILES string of the molecule is Cc1cc(/C=C2/C(=O)C3(C)CCC2C3(C)C)c(C)c(C)c1N. The fourth-order valence-electron chi connectivity index (χ4n) is 4.54. The number of rotatable bonds is 1. The molecule has 2 heteroatoms. The van der Waals surface area contributed by atoms with Crippen molar-refractivity contribution in [2.45, 2.75) is 54.4 Å². The lowest BCUT2D eigenvalue weighted by Crippen LogP contribution is -2.32. The first-order valence-electron chi connectivity index (χ1n) is 8.24. The number of ketones is 1. The Hall–Kier alpha value is -1.57. The summed E-state index contributed by atoms with van der Waals surface area (Å²) < 4.78 is 0. The maximum Gasteiger partial charge on any atom is 0.165 e. The van der Waals surface area contributed by atoms with Crippen molar-refractivity contribution in [2.24, 2.45) is 16.7 Å². The molecule has 2 bridgehead atoms. The van der Waals surface area contributed by atoms with E-state index in [1.165, 1.54) is 5.56 Å². The maximum absolute atomic E-state index is 13.0. The molecule has 2 atom stereocenters. The van der Waals surface area contributed by atoms with E-state index >= 15 is 0 Å². The highest BCUT2D eigenvalue weighted by atomic mass is 16.1. The third-order valence-corrected chi connectivity index (χ3v) is 6.87. The largest absolute Gasteiger partial charge is 0.398 e. The highest BCUT2D eigenvalue weighted by Gasteiger charge is 2.63. The number of aryl methyl sites for hydroxylation is 1. The van der Waals surface area contributed by atoms with Crippen LogP contribution in [0, 0.1) is 37.5 Å². The molecule has 0 radical (unpaired) electrons. The molecule has 2 fully saturated rings. The number of carbonyl (C=O) groups is 1. The molecule has 0 saturated heterocycles. The quantitative estimate of drug-likeness (QED) is 0.608. The Bertz CT molecular complexity index is 711. The Balaban J connectivity index is 2.14. The molecule has 2 unspecified atom stereocenters. The molecule has 0 aromatic heterocycles. The first-order chi connectivity index (χ1) is 10.1. The lowest BCUT2D eigenvalue weighted by atomic mass is 9.70. The topological polar surface area (TPSA) is 43.1 Å². The van der Waals surface area contributed by atoms with Crippen molar-refractivity contribution in [3.8, 4) is 0 Å². The van der Waals surface area contributed by atoms with E-state index in [1.807, 2.05) is 6.92 Å². The molecular weight excluding hydrogens is 270 g/mol. The molecular formula is C20H27NO. The Labute approximate surface area is 133 Å². The second-order valence-electron chi connectivity index (χ2n) is 8.02. The van der Waals surface area contributed by atoms with E-state index in [0.29, 0.717) is 11.7 Å². The van der Waals surface area contributed by atoms with E-state index in [2.05, 4.69) is 46.8 Å². The summed E-state index contributed by atoms with van der Waals surface area (Å²) in [5.74, 6) is 0.753. The molecule has 0 spiro atoms. The molecule has 0 heterocycles. The average Bonchev–Trinajstić information content (AvgIpc) is 2.76. The molecule has 1 aromatic rings. The van der Waals surface area contributed by atoms with Gasteiger partial charge in [-0.15, -0.1) is 0 Å². The summed E-state index contributed by atoms with van der Waals surface area (Å²) in [6.45, 7) is 12.9. The van der Waals surface area contributed by atoms with Crippen LogP contribution in [0.5, 0.6) is 0 Å². The number of allylic oxidation sites excluding steroid dienone is 1. The summed E-state index contributed by atoms with van der Waals surface area (Å²) in [5, 5.41) is 0. The van der Waals surface area contributed by atoms with Crippen molar-refractivity contribution in [3.05, 3.63) is 33.9 Å². The van der Waals surface area contributed by atoms with Gasteiger partial charge in [0.1, 0.15) is 0 Å². The predicted molar refractivity (Wildman–Crippen MR) is 92.7 cm³/mol. The summed E-state index contributed by atoms with van der Waals surface area (Å²) in [6, 6.07) is 2.12. The molecule has 2 N–H and O–H groups in total. The third kappa shape index (κ3) is 1.70. The van der Waals surface area contributed by atoms with Gasteiger partial charge in [0.25, 0.3) is 0 Å². The van der Waals surface area contributed by atoms with Gasteiger partial charge >= 0.3 is 0 Å². The second-order valence-corrected chi connectivity index (χ2v) is 8.02. The summed E-state index contributed by atoms with van der Waals surface area (Å²) in [7, 11) is 0. The minimum Gasteiger partial charge on any atom is -0.398 e. The number of benzene rings is 1. The van der Waals surface area contributed by atoms with Crippen LogP contribution < -0.4 is 5.73 Å². The molecule has 2 aliphatic carbocycles. The lowest BCUT2D eigenvalue weighted by molar-refractivity contribution is -0.125. The lowest BCUT2D eigenvalue weighted by Gasteiger charge is -2.31. The second kappa shape index (κ2) is 4.47. The van der Waals surface area contributed by atoms with Crippen LogP contribution in [0.1, 0.15) is 55.9 Å². The van der Waals surface area contributed by atoms with Gasteiger partial charge in [0.2, 0.25) is 0 Å². The van der Waals surface area contributed by atoms with Crippen molar-refractivity contribution in [3.63, 3.8) is 0 Å². The Morgan fingerprint density at radius 2 is 1.82 bits per heavy atom. The van der Waals surface area contributed by atoms with Crippen LogP contribution in [-0.2, 0) is 4.79 Å². The number of nitrogens with two attached hydrogens (primary N) is 1. The Morgan fingerprint density at radius 3 is 2.36 bits per heavy atom. The van der Waals surface area contributed by atoms with Crippen LogP contribution in [0.3, 0.4) is 0 Å². The van der Waals surface area contributed by atoms with Crippen LogP contribution in [0.4, 0.5) is 5.69 Å². The average molecular weight is 297 g/mol. The minimum absolute atomic E-state index is 0.0711. The molecule has 2 aliphatic rings. The first kappa shape index (κ1) is 15.3. The molecule has 2 nitrogen and oxygen atoms in total. The van der Waals surface area contributed by atoms with E-state index < -0.39 is 0 Å². The molecule has 1 aromatic carbocycles. The van der Waals surface area contributed by atoms with Crippen LogP contribution >= 0.6 is 0 Å². The van der Waals surface area contributed by atoms with Gasteiger partial charge in [-0.1, -0.05) is 20.8 Å². The van der Waals surface area contributed by atoms with Crippen LogP contribution in [-0.4, -0.2) is 5.78 Å². The predicted octanol–water partition coefficient (Wildman–Crippen LogP) is 4.60. The van der Waals surface area contributed by atoms with Gasteiger partial charge in [-0.3, -0.25) is 4.79 Å². The highest BCUT2D eigenvalue weighted by Crippen LogP contribution is 2.65. The molecule has 118 valence electrons. The van der Waals surface area contributed by atoms with E-state index in [1.54, 1.807) is 0 Å². The number of hydrogen-bond donors (Lipinski definition) is 1. The summed E-state index contributed by atoms with van der Waals surface area (Å²) in [6.07, 6.45) is 4.31. The van der Waals surface area contributed by atoms with Crippen LogP contribution in [0.15, 0.2) is 11.6 Å². The number of hydrogen-bond acceptors (Lipinski definition) is 2. The van der Waals surface area contributed by atoms with E-state index in [0.717, 1.165) is 40.8 Å². The third-order valence-electron chi connectivity index (χ3n) is 6.87. The van der Waals surface area contributed by atoms with Gasteiger partial charge < -0.3 is 5.73 Å². The fraction of sp³-hybridized carbons (Fsp3) is 0.550. The van der Waals surface area contributed by atoms with Crippen molar-refractivity contribution in [1.82, 2.24) is 0 Å². The van der Waals surface area contributed by atoms with E-state index in [9.17, 15) is 4.79 Å². The van der Waals surface area contributed by atoms with Crippen LogP contribution in [0.2, 0.25) is 0 Å². The van der Waals surface area contributed by atoms with Gasteiger partial charge in [0.05, 0.1) is 0 Å². The molecule has 22 heavy (non-hydrogen) atoms. The Morgan fingerprint density at radius 1 is 1.18 bits per heavy atom. The van der Waals surface area contributed by atoms with Gasteiger partial charge in [-0.05, 0) is 84.9 Å². The normalized spacial score (nSPS) is 31.3. The van der Waals surface area contributed by atoms with Crippen molar-refractivity contribution in [2.75, 3.05) is 5.73 Å². The number of carbonyl (C=O) groups excluding carboxylic acids is 1. The van der Waals surface area contributed by atoms with Gasteiger partial charge in [-0.25, -0.2) is 0 Å². The van der Waals surface area contributed by atoms with Gasteiger partial charge in [0.15, 0.2) is 5.78 Å². The van der Waals surface area contributed by atoms with E-state index in [4.69, 9.17) is 5.73 Å². The zero-order valence-electron chi connectivity index (χ0n) is 14.6. The van der Waals surface area contributed by atoms with Crippen LogP contribution in [0.25, 0.3) is 6.08 Å². The number of anilines is 1. The minimum atomic E-state index is -0.185. The smallest absolute Gasteiger partial charge is 0.165 e. The summed E-state index contributed by atoms with van der Waals surface area (Å²) in [4.78, 5) is 13.0.